The fourth-order valence-electron chi connectivity index (χ4n) is 1.60. The van der Waals surface area contributed by atoms with E-state index >= 15 is 0 Å². The van der Waals surface area contributed by atoms with Crippen LogP contribution in [0.2, 0.25) is 0 Å². The highest BCUT2D eigenvalue weighted by molar-refractivity contribution is 9.10. The molecule has 0 aliphatic rings. The Labute approximate surface area is 117 Å². The van der Waals surface area contributed by atoms with E-state index in [9.17, 15) is 13.6 Å². The first kappa shape index (κ1) is 13.7. The molecule has 0 bridgehead atoms. The smallest absolute Gasteiger partial charge is 0.256 e. The number of nitrogens with one attached hydrogen (secondary N) is 1. The zero-order valence-corrected chi connectivity index (χ0v) is 11.6. The predicted octanol–water partition coefficient (Wildman–Crippen LogP) is 4.29. The minimum atomic E-state index is -0.809. The van der Waals surface area contributed by atoms with Gasteiger partial charge in [-0.3, -0.25) is 4.79 Å². The lowest BCUT2D eigenvalue weighted by Crippen LogP contribution is -2.15. The SMILES string of the molecule is Cc1ccc(C(=O)Nc2c(F)cccc2F)c(Br)c1. The monoisotopic (exact) mass is 325 g/mol. The van der Waals surface area contributed by atoms with Gasteiger partial charge in [0.2, 0.25) is 0 Å². The second-order valence-corrected chi connectivity index (χ2v) is 4.89. The Bertz CT molecular complexity index is 623. The Morgan fingerprint density at radius 2 is 1.79 bits per heavy atom. The summed E-state index contributed by atoms with van der Waals surface area (Å²) in [6, 6.07) is 8.51. The van der Waals surface area contributed by atoms with Crippen LogP contribution in [0.25, 0.3) is 0 Å². The molecule has 5 heteroatoms. The van der Waals surface area contributed by atoms with Gasteiger partial charge in [0.1, 0.15) is 17.3 Å². The molecule has 0 saturated heterocycles. The number of hydrogen-bond donors (Lipinski definition) is 1. The van der Waals surface area contributed by atoms with E-state index in [1.165, 1.54) is 6.07 Å². The van der Waals surface area contributed by atoms with Crippen LogP contribution in [0.15, 0.2) is 40.9 Å². The van der Waals surface area contributed by atoms with Gasteiger partial charge in [-0.2, -0.15) is 0 Å². The van der Waals surface area contributed by atoms with Crippen LogP contribution in [-0.4, -0.2) is 5.91 Å². The van der Waals surface area contributed by atoms with Crippen LogP contribution < -0.4 is 5.32 Å². The van der Waals surface area contributed by atoms with Crippen molar-refractivity contribution in [1.82, 2.24) is 0 Å². The van der Waals surface area contributed by atoms with Crippen LogP contribution in [0.4, 0.5) is 14.5 Å². The number of benzene rings is 2. The summed E-state index contributed by atoms with van der Waals surface area (Å²) in [6.07, 6.45) is 0. The Morgan fingerprint density at radius 3 is 2.37 bits per heavy atom. The van der Waals surface area contributed by atoms with E-state index in [2.05, 4.69) is 21.2 Å². The van der Waals surface area contributed by atoms with Gasteiger partial charge < -0.3 is 5.32 Å². The maximum atomic E-state index is 13.4. The minimum Gasteiger partial charge on any atom is -0.317 e. The number of halogens is 3. The molecule has 2 nitrogen and oxygen atoms in total. The Hall–Kier alpha value is -1.75. The molecular formula is C14H10BrF2NO. The normalized spacial score (nSPS) is 10.3. The molecule has 0 aliphatic carbocycles. The summed E-state index contributed by atoms with van der Waals surface area (Å²) >= 11 is 3.25. The fraction of sp³-hybridized carbons (Fsp3) is 0.0714. The standard InChI is InChI=1S/C14H10BrF2NO/c1-8-5-6-9(10(15)7-8)14(19)18-13-11(16)3-2-4-12(13)17/h2-7H,1H3,(H,18,19). The lowest BCUT2D eigenvalue weighted by molar-refractivity contribution is 0.102. The molecule has 0 saturated carbocycles. The average molecular weight is 326 g/mol. The van der Waals surface area contributed by atoms with Crippen molar-refractivity contribution in [1.29, 1.82) is 0 Å². The molecule has 2 aromatic rings. The van der Waals surface area contributed by atoms with Crippen molar-refractivity contribution in [3.05, 3.63) is 63.6 Å². The van der Waals surface area contributed by atoms with Gasteiger partial charge in [-0.1, -0.05) is 12.1 Å². The van der Waals surface area contributed by atoms with Crippen molar-refractivity contribution >= 4 is 27.5 Å². The number of aryl methyl sites for hydroxylation is 1. The molecule has 0 spiro atoms. The summed E-state index contributed by atoms with van der Waals surface area (Å²) in [5, 5.41) is 2.24. The highest BCUT2D eigenvalue weighted by atomic mass is 79.9. The molecule has 1 amide bonds. The molecule has 19 heavy (non-hydrogen) atoms. The number of amides is 1. The Balaban J connectivity index is 2.31. The van der Waals surface area contributed by atoms with Crippen LogP contribution in [0, 0.1) is 18.6 Å². The minimum absolute atomic E-state index is 0.313. The van der Waals surface area contributed by atoms with Gasteiger partial charge in [0.25, 0.3) is 5.91 Å². The van der Waals surface area contributed by atoms with Gasteiger partial charge in [0, 0.05) is 4.47 Å². The van der Waals surface area contributed by atoms with Gasteiger partial charge in [-0.25, -0.2) is 8.78 Å². The van der Waals surface area contributed by atoms with E-state index in [1.807, 2.05) is 6.92 Å². The molecule has 0 aromatic heterocycles. The summed E-state index contributed by atoms with van der Waals surface area (Å²) in [6.45, 7) is 1.88. The molecule has 0 heterocycles. The van der Waals surface area contributed by atoms with Crippen LogP contribution in [-0.2, 0) is 0 Å². The number of para-hydroxylation sites is 1. The van der Waals surface area contributed by atoms with Crippen molar-refractivity contribution in [2.75, 3.05) is 5.32 Å². The van der Waals surface area contributed by atoms with Crippen LogP contribution in [0.5, 0.6) is 0 Å². The third-order valence-corrected chi connectivity index (χ3v) is 3.23. The highest BCUT2D eigenvalue weighted by Crippen LogP contribution is 2.22. The van der Waals surface area contributed by atoms with Crippen LogP contribution in [0.1, 0.15) is 15.9 Å². The quantitative estimate of drug-likeness (QED) is 0.876. The molecule has 2 aromatic carbocycles. The third kappa shape index (κ3) is 2.98. The van der Waals surface area contributed by atoms with Crippen molar-refractivity contribution in [3.63, 3.8) is 0 Å². The number of carbonyl (C=O) groups excluding carboxylic acids is 1. The fourth-order valence-corrected chi connectivity index (χ4v) is 2.28. The van der Waals surface area contributed by atoms with Gasteiger partial charge in [-0.15, -0.1) is 0 Å². The topological polar surface area (TPSA) is 29.1 Å². The zero-order valence-electron chi connectivity index (χ0n) is 10.0. The Morgan fingerprint density at radius 1 is 1.16 bits per heavy atom. The summed E-state index contributed by atoms with van der Waals surface area (Å²) in [5.41, 5.74) is 0.841. The molecule has 0 fully saturated rings. The largest absolute Gasteiger partial charge is 0.317 e. The molecule has 0 radical (unpaired) electrons. The van der Waals surface area contributed by atoms with E-state index < -0.39 is 23.2 Å². The van der Waals surface area contributed by atoms with Crippen molar-refractivity contribution in [3.8, 4) is 0 Å². The van der Waals surface area contributed by atoms with Crippen molar-refractivity contribution in [2.24, 2.45) is 0 Å². The van der Waals surface area contributed by atoms with Gasteiger partial charge >= 0.3 is 0 Å². The van der Waals surface area contributed by atoms with E-state index in [0.29, 0.717) is 10.0 Å². The van der Waals surface area contributed by atoms with Gasteiger partial charge in [0.05, 0.1) is 5.56 Å². The zero-order chi connectivity index (χ0) is 14.0. The maximum absolute atomic E-state index is 13.4. The molecule has 1 N–H and O–H groups in total. The lowest BCUT2D eigenvalue weighted by Gasteiger charge is -2.09. The summed E-state index contributed by atoms with van der Waals surface area (Å²) in [5.74, 6) is -2.19. The molecule has 2 rings (SSSR count). The van der Waals surface area contributed by atoms with Crippen LogP contribution >= 0.6 is 15.9 Å². The first-order chi connectivity index (χ1) is 8.99. The molecular weight excluding hydrogens is 316 g/mol. The molecule has 0 unspecified atom stereocenters. The first-order valence-electron chi connectivity index (χ1n) is 5.50. The van der Waals surface area contributed by atoms with Crippen molar-refractivity contribution < 1.29 is 13.6 Å². The number of rotatable bonds is 2. The Kier molecular flexibility index (Phi) is 3.95. The second-order valence-electron chi connectivity index (χ2n) is 4.03. The maximum Gasteiger partial charge on any atom is 0.256 e. The number of hydrogen-bond acceptors (Lipinski definition) is 1. The lowest BCUT2D eigenvalue weighted by atomic mass is 10.1. The van der Waals surface area contributed by atoms with E-state index in [1.54, 1.807) is 18.2 Å². The highest BCUT2D eigenvalue weighted by Gasteiger charge is 2.15. The molecule has 98 valence electrons. The summed E-state index contributed by atoms with van der Waals surface area (Å²) in [7, 11) is 0. The average Bonchev–Trinajstić information content (AvgIpc) is 2.33. The number of anilines is 1. The van der Waals surface area contributed by atoms with E-state index in [0.717, 1.165) is 17.7 Å². The van der Waals surface area contributed by atoms with Gasteiger partial charge in [-0.05, 0) is 52.7 Å². The third-order valence-electron chi connectivity index (χ3n) is 2.57. The van der Waals surface area contributed by atoms with Crippen molar-refractivity contribution in [2.45, 2.75) is 6.92 Å². The van der Waals surface area contributed by atoms with E-state index in [4.69, 9.17) is 0 Å². The summed E-state index contributed by atoms with van der Waals surface area (Å²) in [4.78, 5) is 12.0. The van der Waals surface area contributed by atoms with Gasteiger partial charge in [0.15, 0.2) is 0 Å². The number of carbonyl (C=O) groups is 1. The summed E-state index contributed by atoms with van der Waals surface area (Å²) < 4.78 is 27.4. The van der Waals surface area contributed by atoms with E-state index in [-0.39, 0.29) is 0 Å². The first-order valence-corrected chi connectivity index (χ1v) is 6.30. The predicted molar refractivity (Wildman–Crippen MR) is 73.2 cm³/mol. The van der Waals surface area contributed by atoms with Crippen LogP contribution in [0.3, 0.4) is 0 Å². The second kappa shape index (κ2) is 5.48. The molecule has 0 atom stereocenters. The molecule has 0 aliphatic heterocycles.